The van der Waals surface area contributed by atoms with Gasteiger partial charge in [0.25, 0.3) is 0 Å². The van der Waals surface area contributed by atoms with E-state index in [-0.39, 0.29) is 19.0 Å². The lowest BCUT2D eigenvalue weighted by molar-refractivity contribution is -0.180. The van der Waals surface area contributed by atoms with E-state index < -0.39 is 32.1 Å². The van der Waals surface area contributed by atoms with E-state index in [1.54, 1.807) is 4.57 Å². The number of anilines is 1. The minimum absolute atomic E-state index is 0.0439. The van der Waals surface area contributed by atoms with Crippen LogP contribution >= 0.6 is 8.03 Å². The lowest BCUT2D eigenvalue weighted by Gasteiger charge is -2.28. The largest absolute Gasteiger partial charge is 0.504 e. The van der Waals surface area contributed by atoms with Crippen molar-refractivity contribution in [2.45, 2.75) is 24.1 Å². The van der Waals surface area contributed by atoms with Gasteiger partial charge in [-0.1, -0.05) is 0 Å². The summed E-state index contributed by atoms with van der Waals surface area (Å²) in [6, 6.07) is 0. The van der Waals surface area contributed by atoms with Crippen LogP contribution in [-0.2, 0) is 18.6 Å². The van der Waals surface area contributed by atoms with E-state index in [1.165, 1.54) is 19.3 Å². The van der Waals surface area contributed by atoms with Crippen molar-refractivity contribution in [3.05, 3.63) is 12.7 Å². The number of halogens is 1. The van der Waals surface area contributed by atoms with Crippen LogP contribution in [-0.4, -0.2) is 57.3 Å². The highest BCUT2D eigenvalue weighted by molar-refractivity contribution is 7.38. The van der Waals surface area contributed by atoms with E-state index in [9.17, 15) is 8.96 Å². The Morgan fingerprint density at radius 3 is 3.17 bits per heavy atom. The Hall–Kier alpha value is -1.74. The molecule has 0 aliphatic carbocycles. The molecule has 0 amide bonds. The fraction of sp³-hybridized carbons (Fsp3) is 0.583. The molecule has 0 saturated carbocycles. The average Bonchev–Trinajstić information content (AvgIpc) is 3.16. The highest BCUT2D eigenvalue weighted by atomic mass is 31.1. The molecule has 1 unspecified atom stereocenters. The topological polar surface area (TPSA) is 114 Å². The Morgan fingerprint density at radius 2 is 2.39 bits per heavy atom. The monoisotopic (exact) mass is 342 g/mol. The highest BCUT2D eigenvalue weighted by Crippen LogP contribution is 2.48. The lowest BCUT2D eigenvalue weighted by Crippen LogP contribution is -2.42. The van der Waals surface area contributed by atoms with Gasteiger partial charge in [0.1, 0.15) is 24.6 Å². The van der Waals surface area contributed by atoms with E-state index in [1.807, 2.05) is 0 Å². The summed E-state index contributed by atoms with van der Waals surface area (Å²) in [5.74, 6) is 0.232. The number of hydrogen-bond acceptors (Lipinski definition) is 8. The van der Waals surface area contributed by atoms with E-state index >= 15 is 0 Å². The van der Waals surface area contributed by atoms with E-state index in [4.69, 9.17) is 19.7 Å². The first-order valence-corrected chi connectivity index (χ1v) is 8.54. The maximum absolute atomic E-state index is 14.7. The summed E-state index contributed by atoms with van der Waals surface area (Å²) < 4.78 is 43.9. The average molecular weight is 342 g/mol. The number of fused-ring (bicyclic) bond motifs is 3. The van der Waals surface area contributed by atoms with Crippen molar-refractivity contribution in [1.29, 1.82) is 0 Å². The van der Waals surface area contributed by atoms with Crippen LogP contribution in [0.2, 0.25) is 0 Å². The van der Waals surface area contributed by atoms with Gasteiger partial charge in [-0.15, -0.1) is 4.52 Å². The van der Waals surface area contributed by atoms with Crippen molar-refractivity contribution in [3.8, 4) is 0 Å². The molecule has 2 fully saturated rings. The molecule has 2 aromatic heterocycles. The third-order valence-corrected chi connectivity index (χ3v) is 4.59. The molecular weight excluding hydrogens is 328 g/mol. The van der Waals surface area contributed by atoms with Crippen molar-refractivity contribution in [3.63, 3.8) is 0 Å². The molecule has 2 aliphatic rings. The zero-order chi connectivity index (χ0) is 16.2. The van der Waals surface area contributed by atoms with Gasteiger partial charge in [-0.2, -0.15) is 0 Å². The predicted octanol–water partition coefficient (Wildman–Crippen LogP) is 0.802. The van der Waals surface area contributed by atoms with E-state index in [0.717, 1.165) is 0 Å². The second-order valence-corrected chi connectivity index (χ2v) is 6.68. The van der Waals surface area contributed by atoms with Gasteiger partial charge in [0.2, 0.25) is 0 Å². The van der Waals surface area contributed by atoms with Gasteiger partial charge >= 0.3 is 8.03 Å². The number of hydrogen-bond donors (Lipinski definition) is 1. The fourth-order valence-electron chi connectivity index (χ4n) is 2.96. The molecule has 2 bridgehead atoms. The molecule has 122 valence electrons. The first-order valence-electron chi connectivity index (χ1n) is 6.92. The third kappa shape index (κ3) is 2.13. The Bertz CT molecular complexity index is 788. The van der Waals surface area contributed by atoms with Crippen LogP contribution in [0.15, 0.2) is 12.7 Å². The number of nitrogen functional groups attached to an aromatic ring is 1. The van der Waals surface area contributed by atoms with Gasteiger partial charge in [0.05, 0.1) is 12.9 Å². The number of rotatable bonds is 4. The first-order chi connectivity index (χ1) is 11.0. The van der Waals surface area contributed by atoms with Gasteiger partial charge < -0.3 is 15.2 Å². The summed E-state index contributed by atoms with van der Waals surface area (Å²) in [5.41, 5.74) is 5.33. The van der Waals surface area contributed by atoms with Gasteiger partial charge in [-0.3, -0.25) is 4.57 Å². The van der Waals surface area contributed by atoms with E-state index in [2.05, 4.69) is 15.0 Å². The number of imidazole rings is 1. The zero-order valence-corrected chi connectivity index (χ0v) is 13.0. The summed E-state index contributed by atoms with van der Waals surface area (Å²) in [4.78, 5) is 12.1. The quantitative estimate of drug-likeness (QED) is 0.812. The molecule has 0 aromatic carbocycles. The number of nitrogens with two attached hydrogens (primary N) is 1. The smallest absolute Gasteiger partial charge is 0.382 e. The summed E-state index contributed by atoms with van der Waals surface area (Å²) >= 11 is 0. The highest BCUT2D eigenvalue weighted by Gasteiger charge is 2.64. The molecule has 5 atom stereocenters. The maximum Gasteiger partial charge on any atom is 0.504 e. The molecule has 0 radical (unpaired) electrons. The van der Waals surface area contributed by atoms with Crippen molar-refractivity contribution in [1.82, 2.24) is 19.5 Å². The third-order valence-electron chi connectivity index (χ3n) is 4.10. The molecule has 11 heteroatoms. The van der Waals surface area contributed by atoms with Crippen molar-refractivity contribution in [2.75, 3.05) is 25.6 Å². The van der Waals surface area contributed by atoms with E-state index in [0.29, 0.717) is 11.2 Å². The minimum Gasteiger partial charge on any atom is -0.382 e. The van der Waals surface area contributed by atoms with Crippen LogP contribution in [0.4, 0.5) is 10.2 Å². The van der Waals surface area contributed by atoms with Crippen molar-refractivity contribution < 1.29 is 23.0 Å². The van der Waals surface area contributed by atoms with Crippen LogP contribution in [0.3, 0.4) is 0 Å². The summed E-state index contributed by atoms with van der Waals surface area (Å²) in [5, 5.41) is 0. The Morgan fingerprint density at radius 1 is 1.57 bits per heavy atom. The van der Waals surface area contributed by atoms with Crippen LogP contribution in [0.25, 0.3) is 11.2 Å². The number of aromatic nitrogens is 4. The fourth-order valence-corrected chi connectivity index (χ4v) is 3.36. The molecule has 2 N–H and O–H groups in total. The molecule has 2 aromatic rings. The number of nitrogens with zero attached hydrogens (tertiary/aromatic N) is 4. The minimum atomic E-state index is -1.86. The Balaban J connectivity index is 1.68. The summed E-state index contributed by atoms with van der Waals surface area (Å²) in [6.07, 6.45) is -0.207. The SMILES string of the molecule is C[P+](=O)OC[C@@]12CO[C@@H]([C@H](n3cnc4c(N)ncnc43)O1)[C@@H]2F. The predicted molar refractivity (Wildman–Crippen MR) is 76.7 cm³/mol. The van der Waals surface area contributed by atoms with Gasteiger partial charge in [0, 0.05) is 0 Å². The molecule has 4 heterocycles. The maximum atomic E-state index is 14.7. The molecule has 0 spiro atoms. The van der Waals surface area contributed by atoms with Gasteiger partial charge in [-0.05, 0) is 4.57 Å². The number of alkyl halides is 1. The Kier molecular flexibility index (Phi) is 3.31. The van der Waals surface area contributed by atoms with Crippen LogP contribution < -0.4 is 5.73 Å². The molecule has 2 saturated heterocycles. The van der Waals surface area contributed by atoms with Gasteiger partial charge in [0.15, 0.2) is 36.1 Å². The number of ether oxygens (including phenoxy) is 2. The molecule has 23 heavy (non-hydrogen) atoms. The second-order valence-electron chi connectivity index (χ2n) is 5.55. The van der Waals surface area contributed by atoms with Crippen LogP contribution in [0, 0.1) is 0 Å². The standard InChI is InChI=1S/C12H14FN5O4P/c1-23(19)21-3-12-2-20-7(8(12)13)11(22-12)18-5-17-6-9(14)15-4-16-10(6)18/h4-5,7-8,11H,2-3H2,1H3,(H2,14,15,16)/q+1/t7-,8+,11-,12-/m1/s1. The molecular formula is C12H14FN5O4P+. The van der Waals surface area contributed by atoms with Gasteiger partial charge in [-0.25, -0.2) is 19.3 Å². The molecule has 9 nitrogen and oxygen atoms in total. The summed E-state index contributed by atoms with van der Waals surface area (Å²) in [6.45, 7) is 1.31. The summed E-state index contributed by atoms with van der Waals surface area (Å²) in [7, 11) is -1.86. The molecule has 4 rings (SSSR count). The van der Waals surface area contributed by atoms with Crippen molar-refractivity contribution in [2.24, 2.45) is 0 Å². The molecule has 2 aliphatic heterocycles. The van der Waals surface area contributed by atoms with Crippen LogP contribution in [0.5, 0.6) is 0 Å². The normalized spacial score (nSPS) is 33.5. The second kappa shape index (κ2) is 5.13. The van der Waals surface area contributed by atoms with Crippen LogP contribution in [0.1, 0.15) is 6.23 Å². The first kappa shape index (κ1) is 14.8. The van der Waals surface area contributed by atoms with Crippen molar-refractivity contribution >= 4 is 25.0 Å². The Labute approximate surface area is 130 Å². The lowest BCUT2D eigenvalue weighted by atomic mass is 10.0. The zero-order valence-electron chi connectivity index (χ0n) is 12.1.